The lowest BCUT2D eigenvalue weighted by Crippen LogP contribution is -2.32. The van der Waals surface area contributed by atoms with Crippen LogP contribution in [0, 0.1) is 5.41 Å². The van der Waals surface area contributed by atoms with Gasteiger partial charge in [0, 0.05) is 30.5 Å². The number of ether oxygens (including phenoxy) is 1. The molecule has 0 aliphatic heterocycles. The summed E-state index contributed by atoms with van der Waals surface area (Å²) in [6.45, 7) is 6.61. The summed E-state index contributed by atoms with van der Waals surface area (Å²) in [4.78, 5) is 16.7. The molecule has 0 aliphatic rings. The van der Waals surface area contributed by atoms with Crippen molar-refractivity contribution in [3.63, 3.8) is 0 Å². The van der Waals surface area contributed by atoms with E-state index in [9.17, 15) is 4.79 Å². The van der Waals surface area contributed by atoms with Crippen molar-refractivity contribution in [2.24, 2.45) is 12.5 Å². The normalized spacial score (nSPS) is 13.3. The lowest BCUT2D eigenvalue weighted by molar-refractivity contribution is -0.125. The molecular weight excluding hydrogens is 302 g/mol. The van der Waals surface area contributed by atoms with Crippen LogP contribution in [0.5, 0.6) is 5.75 Å². The van der Waals surface area contributed by atoms with Gasteiger partial charge in [-0.1, -0.05) is 27.2 Å². The van der Waals surface area contributed by atoms with Crippen molar-refractivity contribution in [3.05, 3.63) is 42.5 Å². The first-order valence-corrected chi connectivity index (χ1v) is 8.49. The maximum atomic E-state index is 12.5. The molecule has 2 rings (SSSR count). The Morgan fingerprint density at radius 1 is 1.29 bits per heavy atom. The molecule has 0 unspecified atom stereocenters. The van der Waals surface area contributed by atoms with Crippen LogP contribution in [0.25, 0.3) is 0 Å². The third kappa shape index (κ3) is 4.37. The highest BCUT2D eigenvalue weighted by atomic mass is 16.5. The van der Waals surface area contributed by atoms with Crippen molar-refractivity contribution in [3.8, 4) is 5.75 Å². The van der Waals surface area contributed by atoms with Crippen LogP contribution in [0.1, 0.15) is 45.9 Å². The molecule has 0 bridgehead atoms. The van der Waals surface area contributed by atoms with Gasteiger partial charge in [-0.25, -0.2) is 4.98 Å². The number of hydrogen-bond acceptors (Lipinski definition) is 3. The van der Waals surface area contributed by atoms with Gasteiger partial charge in [0.2, 0.25) is 5.91 Å². The zero-order valence-electron chi connectivity index (χ0n) is 15.0. The van der Waals surface area contributed by atoms with Gasteiger partial charge in [0.25, 0.3) is 0 Å². The van der Waals surface area contributed by atoms with Gasteiger partial charge < -0.3 is 14.6 Å². The number of rotatable bonds is 8. The second kappa shape index (κ2) is 7.99. The molecular formula is C19H27N3O2. The number of aromatic nitrogens is 2. The summed E-state index contributed by atoms with van der Waals surface area (Å²) in [6, 6.07) is 7.46. The van der Waals surface area contributed by atoms with E-state index in [0.717, 1.165) is 36.5 Å². The molecule has 0 fully saturated rings. The fourth-order valence-electron chi connectivity index (χ4n) is 2.60. The maximum Gasteiger partial charge on any atom is 0.230 e. The Labute approximate surface area is 144 Å². The number of benzene rings is 1. The van der Waals surface area contributed by atoms with E-state index in [1.165, 1.54) is 0 Å². The van der Waals surface area contributed by atoms with E-state index >= 15 is 0 Å². The quantitative estimate of drug-likeness (QED) is 0.791. The minimum atomic E-state index is -0.317. The Balaban J connectivity index is 1.94. The minimum absolute atomic E-state index is 0.0773. The molecule has 1 N–H and O–H groups in total. The molecule has 5 heteroatoms. The molecule has 1 aromatic heterocycles. The molecule has 1 aromatic carbocycles. The molecule has 1 atom stereocenters. The Kier molecular flexibility index (Phi) is 6.01. The number of carbonyl (C=O) groups excluding carboxylic acids is 1. The third-order valence-electron chi connectivity index (χ3n) is 4.53. The molecule has 2 aromatic rings. The molecule has 0 saturated carbocycles. The number of hydrogen-bond donors (Lipinski definition) is 1. The summed E-state index contributed by atoms with van der Waals surface area (Å²) in [6.07, 6.45) is 6.35. The van der Waals surface area contributed by atoms with Crippen LogP contribution >= 0.6 is 0 Å². The largest absolute Gasteiger partial charge is 0.486 e. The third-order valence-corrected chi connectivity index (χ3v) is 4.53. The van der Waals surface area contributed by atoms with Crippen molar-refractivity contribution in [2.45, 2.75) is 46.6 Å². The van der Waals surface area contributed by atoms with E-state index in [4.69, 9.17) is 4.74 Å². The molecule has 0 radical (unpaired) electrons. The zero-order chi connectivity index (χ0) is 17.6. The summed E-state index contributed by atoms with van der Waals surface area (Å²) in [7, 11) is 1.94. The van der Waals surface area contributed by atoms with Crippen molar-refractivity contribution in [2.75, 3.05) is 5.32 Å². The average molecular weight is 329 g/mol. The first kappa shape index (κ1) is 18.0. The molecule has 1 amide bonds. The highest BCUT2D eigenvalue weighted by Crippen LogP contribution is 2.29. The van der Waals surface area contributed by atoms with Crippen LogP contribution in [-0.4, -0.2) is 15.5 Å². The van der Waals surface area contributed by atoms with Crippen LogP contribution in [-0.2, 0) is 18.4 Å². The molecule has 24 heavy (non-hydrogen) atoms. The van der Waals surface area contributed by atoms with Gasteiger partial charge in [-0.2, -0.15) is 0 Å². The first-order valence-electron chi connectivity index (χ1n) is 8.49. The van der Waals surface area contributed by atoms with Gasteiger partial charge in [-0.15, -0.1) is 0 Å². The first-order chi connectivity index (χ1) is 11.5. The number of aryl methyl sites for hydroxylation is 1. The van der Waals surface area contributed by atoms with Gasteiger partial charge in [-0.05, 0) is 37.1 Å². The van der Waals surface area contributed by atoms with E-state index in [0.29, 0.717) is 6.61 Å². The van der Waals surface area contributed by atoms with Gasteiger partial charge >= 0.3 is 0 Å². The second-order valence-electron chi connectivity index (χ2n) is 6.39. The Bertz CT molecular complexity index is 664. The van der Waals surface area contributed by atoms with Crippen LogP contribution in [0.15, 0.2) is 36.7 Å². The van der Waals surface area contributed by atoms with Crippen molar-refractivity contribution >= 4 is 11.6 Å². The molecule has 130 valence electrons. The number of amides is 1. The number of imidazole rings is 1. The van der Waals surface area contributed by atoms with Gasteiger partial charge in [0.15, 0.2) is 0 Å². The smallest absolute Gasteiger partial charge is 0.230 e. The molecule has 0 saturated heterocycles. The monoisotopic (exact) mass is 329 g/mol. The predicted molar refractivity (Wildman–Crippen MR) is 95.9 cm³/mol. The minimum Gasteiger partial charge on any atom is -0.486 e. The average Bonchev–Trinajstić information content (AvgIpc) is 2.99. The summed E-state index contributed by atoms with van der Waals surface area (Å²) in [5, 5.41) is 3.01. The van der Waals surface area contributed by atoms with Crippen LogP contribution in [0.4, 0.5) is 5.69 Å². The summed E-state index contributed by atoms with van der Waals surface area (Å²) >= 11 is 0. The lowest BCUT2D eigenvalue weighted by Gasteiger charge is -2.26. The van der Waals surface area contributed by atoms with Crippen LogP contribution in [0.2, 0.25) is 0 Å². The molecule has 0 spiro atoms. The number of nitrogens with one attached hydrogen (secondary N) is 1. The molecule has 5 nitrogen and oxygen atoms in total. The Morgan fingerprint density at radius 2 is 2.00 bits per heavy atom. The number of anilines is 1. The van der Waals surface area contributed by atoms with E-state index < -0.39 is 0 Å². The zero-order valence-corrected chi connectivity index (χ0v) is 15.0. The number of carbonyl (C=O) groups is 1. The topological polar surface area (TPSA) is 56.1 Å². The van der Waals surface area contributed by atoms with E-state index in [2.05, 4.69) is 24.1 Å². The van der Waals surface area contributed by atoms with E-state index in [1.807, 2.05) is 49.0 Å². The predicted octanol–water partition coefficient (Wildman–Crippen LogP) is 4.15. The van der Waals surface area contributed by atoms with Crippen LogP contribution in [0.3, 0.4) is 0 Å². The van der Waals surface area contributed by atoms with Crippen molar-refractivity contribution < 1.29 is 9.53 Å². The Hall–Kier alpha value is -2.30. The standard InChI is InChI=1S/C19H27N3O2/c1-5-11-19(3,6-2)18(23)21-15-7-9-16(10-8-15)24-14-17-20-12-13-22(17)4/h7-10,12-13H,5-6,11,14H2,1-4H3,(H,21,23)/t19-/m1/s1. The highest BCUT2D eigenvalue weighted by molar-refractivity contribution is 5.95. The van der Waals surface area contributed by atoms with Gasteiger partial charge in [0.1, 0.15) is 18.2 Å². The van der Waals surface area contributed by atoms with E-state index in [1.54, 1.807) is 6.20 Å². The number of nitrogens with zero attached hydrogens (tertiary/aromatic N) is 2. The second-order valence-corrected chi connectivity index (χ2v) is 6.39. The summed E-state index contributed by atoms with van der Waals surface area (Å²) < 4.78 is 7.65. The summed E-state index contributed by atoms with van der Waals surface area (Å²) in [5.74, 6) is 1.70. The maximum absolute atomic E-state index is 12.5. The molecule has 0 aliphatic carbocycles. The van der Waals surface area contributed by atoms with Crippen LogP contribution < -0.4 is 10.1 Å². The SMILES string of the molecule is CCC[C@@](C)(CC)C(=O)Nc1ccc(OCc2nccn2C)cc1. The molecule has 1 heterocycles. The lowest BCUT2D eigenvalue weighted by atomic mass is 9.82. The van der Waals surface area contributed by atoms with E-state index in [-0.39, 0.29) is 11.3 Å². The fraction of sp³-hybridized carbons (Fsp3) is 0.474. The van der Waals surface area contributed by atoms with Gasteiger partial charge in [-0.3, -0.25) is 4.79 Å². The van der Waals surface area contributed by atoms with Gasteiger partial charge in [0.05, 0.1) is 0 Å². The highest BCUT2D eigenvalue weighted by Gasteiger charge is 2.30. The summed E-state index contributed by atoms with van der Waals surface area (Å²) in [5.41, 5.74) is 0.474. The van der Waals surface area contributed by atoms with Crippen molar-refractivity contribution in [1.82, 2.24) is 9.55 Å². The van der Waals surface area contributed by atoms with Crippen molar-refractivity contribution in [1.29, 1.82) is 0 Å². The Morgan fingerprint density at radius 3 is 2.54 bits per heavy atom. The fourth-order valence-corrected chi connectivity index (χ4v) is 2.60.